The molecule has 0 spiro atoms. The molecule has 1 aromatic carbocycles. The molecule has 2 aliphatic heterocycles. The van der Waals surface area contributed by atoms with Crippen molar-refractivity contribution in [2.45, 2.75) is 26.3 Å². The lowest BCUT2D eigenvalue weighted by molar-refractivity contribution is -0.384. The Hall–Kier alpha value is -1.62. The predicted octanol–water partition coefficient (Wildman–Crippen LogP) is 2.34. The maximum atomic E-state index is 11.4. The number of aryl methyl sites for hydroxylation is 1. The van der Waals surface area contributed by atoms with Crippen LogP contribution in [0.1, 0.15) is 19.4 Å². The Morgan fingerprint density at radius 2 is 2.15 bits per heavy atom. The summed E-state index contributed by atoms with van der Waals surface area (Å²) < 4.78 is 0. The fraction of sp³-hybridized carbons (Fsp3) is 0.600. The highest BCUT2D eigenvalue weighted by atomic mass is 16.6. The molecule has 0 aromatic heterocycles. The molecule has 2 atom stereocenters. The van der Waals surface area contributed by atoms with Gasteiger partial charge in [0.25, 0.3) is 5.69 Å². The SMILES string of the molecule is Cc1ccc(N2CC3CNCC3C2(C)C)c([N+](=O)[O-])c1. The van der Waals surface area contributed by atoms with E-state index in [1.54, 1.807) is 6.07 Å². The van der Waals surface area contributed by atoms with E-state index in [1.807, 2.05) is 19.1 Å². The van der Waals surface area contributed by atoms with Gasteiger partial charge in [-0.05, 0) is 44.2 Å². The molecular formula is C15H21N3O2. The molecular weight excluding hydrogens is 254 g/mol. The molecule has 1 aromatic rings. The van der Waals surface area contributed by atoms with Crippen LogP contribution in [-0.2, 0) is 0 Å². The molecule has 0 radical (unpaired) electrons. The summed E-state index contributed by atoms with van der Waals surface area (Å²) in [5, 5.41) is 14.8. The molecule has 3 rings (SSSR count). The minimum Gasteiger partial charge on any atom is -0.360 e. The molecule has 0 amide bonds. The number of hydrogen-bond donors (Lipinski definition) is 1. The van der Waals surface area contributed by atoms with E-state index in [4.69, 9.17) is 0 Å². The fourth-order valence-electron chi connectivity index (χ4n) is 3.84. The van der Waals surface area contributed by atoms with Gasteiger partial charge in [0.2, 0.25) is 0 Å². The largest absolute Gasteiger partial charge is 0.360 e. The second-order valence-electron chi connectivity index (χ2n) is 6.54. The molecule has 108 valence electrons. The van der Waals surface area contributed by atoms with Crippen LogP contribution < -0.4 is 10.2 Å². The van der Waals surface area contributed by atoms with Gasteiger partial charge in [-0.1, -0.05) is 6.07 Å². The van der Waals surface area contributed by atoms with Gasteiger partial charge in [-0.2, -0.15) is 0 Å². The van der Waals surface area contributed by atoms with Crippen molar-refractivity contribution >= 4 is 11.4 Å². The van der Waals surface area contributed by atoms with Crippen LogP contribution in [0, 0.1) is 28.9 Å². The highest BCUT2D eigenvalue weighted by Gasteiger charge is 2.50. The third-order valence-electron chi connectivity index (χ3n) is 4.98. The zero-order chi connectivity index (χ0) is 14.5. The summed E-state index contributed by atoms with van der Waals surface area (Å²) in [7, 11) is 0. The Bertz CT molecular complexity index is 556. The predicted molar refractivity (Wildman–Crippen MR) is 79.1 cm³/mol. The Kier molecular flexibility index (Phi) is 2.97. The minimum atomic E-state index is -0.259. The standard InChI is InChI=1S/C15H21N3O2/c1-10-4-5-13(14(6-10)18(19)20)17-9-11-7-16-8-12(11)15(17,2)3/h4-6,11-12,16H,7-9H2,1-3H3. The van der Waals surface area contributed by atoms with Crippen molar-refractivity contribution < 1.29 is 4.92 Å². The van der Waals surface area contributed by atoms with Crippen LogP contribution >= 0.6 is 0 Å². The summed E-state index contributed by atoms with van der Waals surface area (Å²) >= 11 is 0. The summed E-state index contributed by atoms with van der Waals surface area (Å²) in [6.45, 7) is 9.22. The van der Waals surface area contributed by atoms with Gasteiger partial charge in [-0.3, -0.25) is 10.1 Å². The van der Waals surface area contributed by atoms with E-state index in [9.17, 15) is 10.1 Å². The highest BCUT2D eigenvalue weighted by Crippen LogP contribution is 2.45. The summed E-state index contributed by atoms with van der Waals surface area (Å²) in [4.78, 5) is 13.3. The summed E-state index contributed by atoms with van der Waals surface area (Å²) in [6, 6.07) is 5.55. The molecule has 5 nitrogen and oxygen atoms in total. The smallest absolute Gasteiger partial charge is 0.292 e. The number of nitrogens with one attached hydrogen (secondary N) is 1. The lowest BCUT2D eigenvalue weighted by Crippen LogP contribution is -2.44. The van der Waals surface area contributed by atoms with Crippen molar-refractivity contribution in [3.63, 3.8) is 0 Å². The van der Waals surface area contributed by atoms with Crippen LogP contribution in [0.15, 0.2) is 18.2 Å². The summed E-state index contributed by atoms with van der Waals surface area (Å²) in [5.41, 5.74) is 1.87. The van der Waals surface area contributed by atoms with Gasteiger partial charge >= 0.3 is 0 Å². The van der Waals surface area contributed by atoms with Gasteiger partial charge < -0.3 is 10.2 Å². The summed E-state index contributed by atoms with van der Waals surface area (Å²) in [5.74, 6) is 1.15. The first-order chi connectivity index (χ1) is 9.41. The van der Waals surface area contributed by atoms with Gasteiger partial charge in [-0.25, -0.2) is 0 Å². The normalized spacial score (nSPS) is 27.6. The molecule has 5 heteroatoms. The topological polar surface area (TPSA) is 58.4 Å². The zero-order valence-corrected chi connectivity index (χ0v) is 12.2. The highest BCUT2D eigenvalue weighted by molar-refractivity contribution is 5.66. The van der Waals surface area contributed by atoms with Crippen LogP contribution in [0.4, 0.5) is 11.4 Å². The van der Waals surface area contributed by atoms with Crippen LogP contribution in [-0.4, -0.2) is 30.1 Å². The number of nitro groups is 1. The molecule has 1 N–H and O–H groups in total. The van der Waals surface area contributed by atoms with Gasteiger partial charge in [-0.15, -0.1) is 0 Å². The van der Waals surface area contributed by atoms with E-state index >= 15 is 0 Å². The third-order valence-corrected chi connectivity index (χ3v) is 4.98. The minimum absolute atomic E-state index is 0.0474. The van der Waals surface area contributed by atoms with Gasteiger partial charge in [0.05, 0.1) is 4.92 Å². The van der Waals surface area contributed by atoms with Crippen molar-refractivity contribution in [1.82, 2.24) is 5.32 Å². The van der Waals surface area contributed by atoms with Crippen molar-refractivity contribution in [2.75, 3.05) is 24.5 Å². The zero-order valence-electron chi connectivity index (χ0n) is 12.2. The van der Waals surface area contributed by atoms with Crippen LogP contribution in [0.25, 0.3) is 0 Å². The fourth-order valence-corrected chi connectivity index (χ4v) is 3.84. The first-order valence-electron chi connectivity index (χ1n) is 7.14. The van der Waals surface area contributed by atoms with E-state index < -0.39 is 0 Å². The van der Waals surface area contributed by atoms with E-state index in [0.29, 0.717) is 11.8 Å². The number of hydrogen-bond acceptors (Lipinski definition) is 4. The number of nitro benzene ring substituents is 1. The molecule has 0 saturated carbocycles. The maximum Gasteiger partial charge on any atom is 0.292 e. The van der Waals surface area contributed by atoms with Crippen LogP contribution in [0.5, 0.6) is 0 Å². The van der Waals surface area contributed by atoms with Gasteiger partial charge in [0.1, 0.15) is 5.69 Å². The van der Waals surface area contributed by atoms with Crippen molar-refractivity contribution in [3.05, 3.63) is 33.9 Å². The maximum absolute atomic E-state index is 11.4. The lowest BCUT2D eigenvalue weighted by atomic mass is 9.84. The molecule has 2 unspecified atom stereocenters. The number of anilines is 1. The second-order valence-corrected chi connectivity index (χ2v) is 6.54. The van der Waals surface area contributed by atoms with Crippen molar-refractivity contribution in [3.8, 4) is 0 Å². The Labute approximate surface area is 119 Å². The Morgan fingerprint density at radius 1 is 1.40 bits per heavy atom. The monoisotopic (exact) mass is 275 g/mol. The second kappa shape index (κ2) is 4.45. The van der Waals surface area contributed by atoms with Crippen molar-refractivity contribution in [1.29, 1.82) is 0 Å². The average Bonchev–Trinajstić information content (AvgIpc) is 2.92. The first kappa shape index (κ1) is 13.4. The van der Waals surface area contributed by atoms with Gasteiger partial charge in [0.15, 0.2) is 0 Å². The number of rotatable bonds is 2. The number of benzene rings is 1. The average molecular weight is 275 g/mol. The van der Waals surface area contributed by atoms with Crippen molar-refractivity contribution in [2.24, 2.45) is 11.8 Å². The molecule has 2 heterocycles. The first-order valence-corrected chi connectivity index (χ1v) is 7.14. The van der Waals surface area contributed by atoms with E-state index in [-0.39, 0.29) is 16.1 Å². The molecule has 0 bridgehead atoms. The Morgan fingerprint density at radius 3 is 2.80 bits per heavy atom. The number of nitrogens with zero attached hydrogens (tertiary/aromatic N) is 2. The lowest BCUT2D eigenvalue weighted by Gasteiger charge is -2.37. The van der Waals surface area contributed by atoms with Crippen LogP contribution in [0.3, 0.4) is 0 Å². The number of fused-ring (bicyclic) bond motifs is 1. The quantitative estimate of drug-likeness (QED) is 0.665. The van der Waals surface area contributed by atoms with E-state index in [2.05, 4.69) is 24.1 Å². The molecule has 2 fully saturated rings. The third kappa shape index (κ3) is 1.88. The molecule has 2 aliphatic rings. The van der Waals surface area contributed by atoms with E-state index in [0.717, 1.165) is 30.9 Å². The molecule has 20 heavy (non-hydrogen) atoms. The molecule has 0 aliphatic carbocycles. The van der Waals surface area contributed by atoms with Crippen LogP contribution in [0.2, 0.25) is 0 Å². The Balaban J connectivity index is 2.04. The van der Waals surface area contributed by atoms with E-state index in [1.165, 1.54) is 0 Å². The summed E-state index contributed by atoms with van der Waals surface area (Å²) in [6.07, 6.45) is 0. The molecule has 2 saturated heterocycles. The van der Waals surface area contributed by atoms with Gasteiger partial charge in [0, 0.05) is 31.2 Å².